The maximum absolute atomic E-state index is 13.4. The largest absolute Gasteiger partial charge is 0.487 e. The lowest BCUT2D eigenvalue weighted by Crippen LogP contribution is -2.48. The summed E-state index contributed by atoms with van der Waals surface area (Å²) in [6, 6.07) is -1.98. The molecular weight excluding hydrogens is 640 g/mol. The monoisotopic (exact) mass is 692 g/mol. The van der Waals surface area contributed by atoms with Crippen LogP contribution in [0.5, 0.6) is 5.75 Å². The van der Waals surface area contributed by atoms with Gasteiger partial charge in [0.05, 0.1) is 17.0 Å². The van der Waals surface area contributed by atoms with Crippen LogP contribution in [0.1, 0.15) is 95.4 Å². The summed E-state index contributed by atoms with van der Waals surface area (Å²) >= 11 is 0. The Kier molecular flexibility index (Phi) is 14.1. The number of aliphatic imine (C=N–C) groups is 1. The summed E-state index contributed by atoms with van der Waals surface area (Å²) in [7, 11) is -4.09. The molecule has 15 nitrogen and oxygen atoms in total. The molecule has 0 aliphatic carbocycles. The molecule has 0 bridgehead atoms. The summed E-state index contributed by atoms with van der Waals surface area (Å²) in [5.41, 5.74) is 22.6. The third kappa shape index (κ3) is 11.9. The number of sulfonamides is 1. The van der Waals surface area contributed by atoms with Crippen molar-refractivity contribution in [2.45, 2.75) is 129 Å². The highest BCUT2D eigenvalue weighted by Gasteiger charge is 2.34. The average molecular weight is 693 g/mol. The summed E-state index contributed by atoms with van der Waals surface area (Å²) in [5.74, 6) is -0.833. The second kappa shape index (κ2) is 16.9. The van der Waals surface area contributed by atoms with Crippen LogP contribution in [0.15, 0.2) is 9.89 Å². The number of fused-ring (bicyclic) bond motifs is 1. The molecule has 1 aromatic rings. The summed E-state index contributed by atoms with van der Waals surface area (Å²) in [6.07, 6.45) is 3.27. The van der Waals surface area contributed by atoms with Crippen LogP contribution in [0.3, 0.4) is 0 Å². The van der Waals surface area contributed by atoms with Gasteiger partial charge >= 0.3 is 12.3 Å². The van der Waals surface area contributed by atoms with Crippen molar-refractivity contribution in [1.29, 1.82) is 0 Å². The Labute approximate surface area is 283 Å². The van der Waals surface area contributed by atoms with E-state index in [4.69, 9.17) is 26.5 Å². The molecule has 0 fully saturated rings. The zero-order valence-corrected chi connectivity index (χ0v) is 30.2. The lowest BCUT2D eigenvalue weighted by molar-refractivity contribution is -0.127. The topological polar surface area (TPSA) is 241 Å². The molecule has 1 aliphatic heterocycles. The number of unbranched alkanes of at least 4 members (excludes halogenated alkanes) is 1. The average Bonchev–Trinajstić information content (AvgIpc) is 2.95. The van der Waals surface area contributed by atoms with Crippen LogP contribution in [0.4, 0.5) is 4.79 Å². The molecule has 0 aromatic heterocycles. The molecule has 16 heteroatoms. The minimum atomic E-state index is -4.09. The van der Waals surface area contributed by atoms with E-state index in [-0.39, 0.29) is 35.8 Å². The van der Waals surface area contributed by atoms with E-state index in [0.717, 1.165) is 23.3 Å². The molecule has 0 unspecified atom stereocenters. The molecule has 0 spiro atoms. The van der Waals surface area contributed by atoms with Gasteiger partial charge in [-0.1, -0.05) is 0 Å². The molecule has 0 radical (unpaired) electrons. The lowest BCUT2D eigenvalue weighted by Gasteiger charge is -2.35. The minimum absolute atomic E-state index is 0.0328. The Balaban J connectivity index is 1.96. The van der Waals surface area contributed by atoms with Crippen molar-refractivity contribution in [3.8, 4) is 5.75 Å². The van der Waals surface area contributed by atoms with Gasteiger partial charge in [-0.2, -0.15) is 4.79 Å². The number of nitrogens with zero attached hydrogens (tertiary/aromatic N) is 3. The van der Waals surface area contributed by atoms with Crippen LogP contribution in [-0.4, -0.2) is 79.5 Å². The summed E-state index contributed by atoms with van der Waals surface area (Å²) < 4.78 is 40.6. The SMILES string of the molecule is Cc1c(C)c(S(=O)(=O)NC(N)=NCCC[C@H](NC(=O)[C@@H](N)CCCCNC(=O)OC(C)(C)C)C(=O)C=[N+]=[N-])c(C)c2c1OC(C)(C)CC2. The Bertz CT molecular complexity index is 1540. The van der Waals surface area contributed by atoms with Crippen LogP contribution in [-0.2, 0) is 30.8 Å². The van der Waals surface area contributed by atoms with Gasteiger partial charge in [0, 0.05) is 13.1 Å². The number of amides is 2. The van der Waals surface area contributed by atoms with E-state index in [1.165, 1.54) is 0 Å². The minimum Gasteiger partial charge on any atom is -0.487 e. The highest BCUT2D eigenvalue weighted by molar-refractivity contribution is 7.90. The van der Waals surface area contributed by atoms with Gasteiger partial charge in [-0.05, 0) is 123 Å². The summed E-state index contributed by atoms with van der Waals surface area (Å²) in [6.45, 7) is 15.0. The van der Waals surface area contributed by atoms with E-state index < -0.39 is 45.5 Å². The zero-order chi connectivity index (χ0) is 36.4. The number of hydrogen-bond acceptors (Lipinski definition) is 9. The zero-order valence-electron chi connectivity index (χ0n) is 29.4. The lowest BCUT2D eigenvalue weighted by atomic mass is 9.88. The normalized spacial score (nSPS) is 15.6. The molecule has 2 atom stereocenters. The third-order valence-corrected chi connectivity index (χ3v) is 9.53. The first-order valence-corrected chi connectivity index (χ1v) is 17.6. The number of Topliss-reactive ketones (excluding diaryl/α,β-unsaturated/α-hetero) is 1. The van der Waals surface area contributed by atoms with Crippen LogP contribution < -0.4 is 31.6 Å². The molecule has 1 aromatic carbocycles. The molecular formula is C32H52N8O7S. The smallest absolute Gasteiger partial charge is 0.407 e. The third-order valence-electron chi connectivity index (χ3n) is 7.90. The quantitative estimate of drug-likeness (QED) is 0.0595. The highest BCUT2D eigenvalue weighted by atomic mass is 32.2. The van der Waals surface area contributed by atoms with Crippen LogP contribution in [0, 0.1) is 20.8 Å². The first-order valence-electron chi connectivity index (χ1n) is 16.1. The molecule has 2 rings (SSSR count). The number of nitrogens with one attached hydrogen (secondary N) is 3. The molecule has 268 valence electrons. The van der Waals surface area contributed by atoms with E-state index in [0.29, 0.717) is 49.6 Å². The Hall–Kier alpha value is -4.01. The maximum Gasteiger partial charge on any atom is 0.407 e. The Morgan fingerprint density at radius 2 is 1.77 bits per heavy atom. The number of benzene rings is 1. The van der Waals surface area contributed by atoms with Gasteiger partial charge < -0.3 is 37.1 Å². The fourth-order valence-electron chi connectivity index (χ4n) is 5.30. The molecule has 7 N–H and O–H groups in total. The van der Waals surface area contributed by atoms with E-state index >= 15 is 0 Å². The number of alkyl carbamates (subject to hydrolysis) is 1. The van der Waals surface area contributed by atoms with Gasteiger partial charge in [-0.3, -0.25) is 14.6 Å². The van der Waals surface area contributed by atoms with Crippen molar-refractivity contribution in [2.75, 3.05) is 13.1 Å². The van der Waals surface area contributed by atoms with Crippen molar-refractivity contribution in [1.82, 2.24) is 15.4 Å². The molecule has 48 heavy (non-hydrogen) atoms. The van der Waals surface area contributed by atoms with E-state index in [1.54, 1.807) is 34.6 Å². The van der Waals surface area contributed by atoms with Gasteiger partial charge in [0.15, 0.2) is 0 Å². The van der Waals surface area contributed by atoms with E-state index in [1.807, 2.05) is 20.8 Å². The van der Waals surface area contributed by atoms with E-state index in [9.17, 15) is 22.8 Å². The van der Waals surface area contributed by atoms with Crippen molar-refractivity contribution < 1.29 is 37.1 Å². The number of nitrogens with two attached hydrogens (primary N) is 2. The first-order chi connectivity index (χ1) is 22.2. The second-order valence-corrected chi connectivity index (χ2v) is 15.2. The predicted octanol–water partition coefficient (Wildman–Crippen LogP) is 2.47. The van der Waals surface area contributed by atoms with Gasteiger partial charge in [0.2, 0.25) is 11.9 Å². The van der Waals surface area contributed by atoms with Crippen molar-refractivity contribution in [3.63, 3.8) is 0 Å². The van der Waals surface area contributed by atoms with Crippen molar-refractivity contribution in [3.05, 3.63) is 27.8 Å². The summed E-state index contributed by atoms with van der Waals surface area (Å²) in [4.78, 5) is 43.9. The number of carbonyl (C=O) groups is 3. The van der Waals surface area contributed by atoms with Gasteiger partial charge in [0.1, 0.15) is 17.0 Å². The Morgan fingerprint density at radius 1 is 1.10 bits per heavy atom. The second-order valence-electron chi connectivity index (χ2n) is 13.6. The fraction of sp³-hybridized carbons (Fsp3) is 0.656. The van der Waals surface area contributed by atoms with Crippen molar-refractivity contribution >= 4 is 40.0 Å². The molecule has 1 heterocycles. The fourth-order valence-corrected chi connectivity index (χ4v) is 6.83. The Morgan fingerprint density at radius 3 is 2.40 bits per heavy atom. The van der Waals surface area contributed by atoms with Crippen LogP contribution in [0.25, 0.3) is 5.53 Å². The van der Waals surface area contributed by atoms with E-state index in [2.05, 4.69) is 25.1 Å². The molecule has 1 aliphatic rings. The molecule has 0 saturated carbocycles. The molecule has 2 amide bonds. The van der Waals surface area contributed by atoms with Crippen LogP contribution >= 0.6 is 0 Å². The number of hydrogen-bond donors (Lipinski definition) is 5. The highest BCUT2D eigenvalue weighted by Crippen LogP contribution is 2.42. The number of carbonyl (C=O) groups excluding carboxylic acids is 3. The summed E-state index contributed by atoms with van der Waals surface area (Å²) in [5, 5.41) is 5.21. The van der Waals surface area contributed by atoms with Gasteiger partial charge in [-0.15, -0.1) is 0 Å². The number of guanidine groups is 1. The number of ketones is 1. The van der Waals surface area contributed by atoms with Crippen molar-refractivity contribution in [2.24, 2.45) is 16.5 Å². The van der Waals surface area contributed by atoms with Gasteiger partial charge in [0.25, 0.3) is 15.8 Å². The standard InChI is InChI=1S/C32H52N8O7S/c1-19-20(2)27(21(3)22-14-15-32(7,8)46-26(19)22)48(44,45)40-29(34)36-17-11-13-24(25(41)18-38-35)39-28(42)23(33)12-9-10-16-37-30(43)47-31(4,5)6/h18,23-24H,9-17,33H2,1-8H3,(H,37,43)(H,39,42)(H3,34,36,40)/t23-,24-/m0/s1. The number of rotatable bonds is 15. The number of ether oxygens (including phenoxy) is 2. The maximum atomic E-state index is 13.4. The first kappa shape index (κ1) is 40.2. The van der Waals surface area contributed by atoms with Crippen LogP contribution in [0.2, 0.25) is 0 Å². The molecule has 0 saturated heterocycles. The predicted molar refractivity (Wildman–Crippen MR) is 182 cm³/mol. The van der Waals surface area contributed by atoms with Gasteiger partial charge in [-0.25, -0.2) is 17.9 Å².